The summed E-state index contributed by atoms with van der Waals surface area (Å²) in [5.74, 6) is -0.900. The van der Waals surface area contributed by atoms with E-state index in [2.05, 4.69) is 10.3 Å². The molecule has 1 aliphatic rings. The summed E-state index contributed by atoms with van der Waals surface area (Å²) >= 11 is 6.90. The second-order valence-corrected chi connectivity index (χ2v) is 4.91. The summed E-state index contributed by atoms with van der Waals surface area (Å²) in [6, 6.07) is -0.376. The Kier molecular flexibility index (Phi) is 2.71. The second-order valence-electron chi connectivity index (χ2n) is 3.21. The Morgan fingerprint density at radius 3 is 2.93 bits per heavy atom. The standard InChI is InChI=1S/C8H9ClN2O2S/c9-5-3-10-7(14-5)6(8(12)13)11-4-1-2-4/h3-4,6,11H,1-2H2,(H,12,13). The molecule has 0 bridgehead atoms. The highest BCUT2D eigenvalue weighted by Gasteiger charge is 2.30. The monoisotopic (exact) mass is 232 g/mol. The lowest BCUT2D eigenvalue weighted by molar-refractivity contribution is -0.139. The van der Waals surface area contributed by atoms with Gasteiger partial charge in [0, 0.05) is 6.04 Å². The second kappa shape index (κ2) is 3.84. The number of thiazole rings is 1. The minimum absolute atomic E-state index is 0.332. The first-order chi connectivity index (χ1) is 6.66. The van der Waals surface area contributed by atoms with Crippen molar-refractivity contribution >= 4 is 28.9 Å². The topological polar surface area (TPSA) is 62.2 Å². The zero-order valence-corrected chi connectivity index (χ0v) is 8.81. The largest absolute Gasteiger partial charge is 0.480 e. The van der Waals surface area contributed by atoms with Crippen molar-refractivity contribution in [3.63, 3.8) is 0 Å². The molecule has 0 aromatic carbocycles. The highest BCUT2D eigenvalue weighted by Crippen LogP contribution is 2.28. The molecule has 6 heteroatoms. The molecule has 1 fully saturated rings. The predicted octanol–water partition coefficient (Wildman–Crippen LogP) is 1.67. The summed E-state index contributed by atoms with van der Waals surface area (Å²) in [7, 11) is 0. The number of carbonyl (C=O) groups is 1. The molecular formula is C8H9ClN2O2S. The number of aromatic nitrogens is 1. The Labute approximate surface area is 89.9 Å². The quantitative estimate of drug-likeness (QED) is 0.829. The first-order valence-electron chi connectivity index (χ1n) is 4.27. The Morgan fingerprint density at radius 1 is 1.79 bits per heavy atom. The fourth-order valence-corrected chi connectivity index (χ4v) is 2.12. The van der Waals surface area contributed by atoms with Crippen molar-refractivity contribution in [2.24, 2.45) is 0 Å². The van der Waals surface area contributed by atoms with Gasteiger partial charge in [-0.2, -0.15) is 0 Å². The zero-order valence-electron chi connectivity index (χ0n) is 7.24. The lowest BCUT2D eigenvalue weighted by Gasteiger charge is -2.10. The molecule has 76 valence electrons. The molecule has 2 rings (SSSR count). The molecule has 1 aromatic heterocycles. The fraction of sp³-hybridized carbons (Fsp3) is 0.500. The fourth-order valence-electron chi connectivity index (χ4n) is 1.13. The van der Waals surface area contributed by atoms with Crippen LogP contribution in [0.2, 0.25) is 4.34 Å². The highest BCUT2D eigenvalue weighted by molar-refractivity contribution is 7.16. The number of nitrogens with zero attached hydrogens (tertiary/aromatic N) is 1. The predicted molar refractivity (Wildman–Crippen MR) is 53.7 cm³/mol. The maximum atomic E-state index is 10.9. The Hall–Kier alpha value is -0.650. The summed E-state index contributed by atoms with van der Waals surface area (Å²) < 4.78 is 0.517. The van der Waals surface area contributed by atoms with Crippen LogP contribution < -0.4 is 5.32 Å². The van der Waals surface area contributed by atoms with Crippen LogP contribution in [0.5, 0.6) is 0 Å². The van der Waals surface area contributed by atoms with E-state index in [0.29, 0.717) is 15.4 Å². The summed E-state index contributed by atoms with van der Waals surface area (Å²) in [4.78, 5) is 14.9. The van der Waals surface area contributed by atoms with Crippen LogP contribution in [0.4, 0.5) is 0 Å². The third-order valence-corrected chi connectivity index (χ3v) is 3.15. The molecule has 0 spiro atoms. The van der Waals surface area contributed by atoms with E-state index >= 15 is 0 Å². The van der Waals surface area contributed by atoms with E-state index in [1.807, 2.05) is 0 Å². The smallest absolute Gasteiger partial charge is 0.327 e. The third-order valence-electron chi connectivity index (χ3n) is 1.97. The molecule has 1 aromatic rings. The molecule has 14 heavy (non-hydrogen) atoms. The van der Waals surface area contributed by atoms with Gasteiger partial charge in [-0.15, -0.1) is 11.3 Å². The highest BCUT2D eigenvalue weighted by atomic mass is 35.5. The molecule has 4 nitrogen and oxygen atoms in total. The van der Waals surface area contributed by atoms with Gasteiger partial charge in [-0.25, -0.2) is 4.98 Å². The van der Waals surface area contributed by atoms with Crippen LogP contribution in [-0.2, 0) is 4.79 Å². The van der Waals surface area contributed by atoms with Gasteiger partial charge in [0.1, 0.15) is 9.34 Å². The van der Waals surface area contributed by atoms with E-state index in [4.69, 9.17) is 16.7 Å². The van der Waals surface area contributed by atoms with Gasteiger partial charge < -0.3 is 5.11 Å². The molecule has 1 heterocycles. The summed E-state index contributed by atoms with van der Waals surface area (Å²) in [6.07, 6.45) is 3.57. The van der Waals surface area contributed by atoms with E-state index in [1.165, 1.54) is 17.5 Å². The van der Waals surface area contributed by atoms with Gasteiger partial charge in [-0.3, -0.25) is 10.1 Å². The first-order valence-corrected chi connectivity index (χ1v) is 5.46. The molecule has 0 aliphatic heterocycles. The van der Waals surface area contributed by atoms with Gasteiger partial charge in [0.2, 0.25) is 0 Å². The summed E-state index contributed by atoms with van der Waals surface area (Å²) in [6.45, 7) is 0. The molecule has 1 atom stereocenters. The maximum Gasteiger partial charge on any atom is 0.327 e. The maximum absolute atomic E-state index is 10.9. The molecule has 1 unspecified atom stereocenters. The van der Waals surface area contributed by atoms with E-state index in [-0.39, 0.29) is 0 Å². The van der Waals surface area contributed by atoms with Crippen LogP contribution in [0.1, 0.15) is 23.9 Å². The van der Waals surface area contributed by atoms with E-state index in [1.54, 1.807) is 0 Å². The van der Waals surface area contributed by atoms with Gasteiger partial charge in [0.05, 0.1) is 6.20 Å². The number of hydrogen-bond acceptors (Lipinski definition) is 4. The summed E-state index contributed by atoms with van der Waals surface area (Å²) in [5.41, 5.74) is 0. The van der Waals surface area contributed by atoms with Crippen molar-refractivity contribution in [3.05, 3.63) is 15.5 Å². The Bertz CT molecular complexity index is 351. The minimum atomic E-state index is -0.900. The van der Waals surface area contributed by atoms with Crippen molar-refractivity contribution in [2.75, 3.05) is 0 Å². The van der Waals surface area contributed by atoms with Crippen LogP contribution in [0.25, 0.3) is 0 Å². The average Bonchev–Trinajstić information content (AvgIpc) is 2.84. The van der Waals surface area contributed by atoms with Crippen molar-refractivity contribution < 1.29 is 9.90 Å². The van der Waals surface area contributed by atoms with Crippen LogP contribution in [0.15, 0.2) is 6.20 Å². The number of rotatable bonds is 4. The molecule has 0 amide bonds. The minimum Gasteiger partial charge on any atom is -0.480 e. The van der Waals surface area contributed by atoms with Crippen molar-refractivity contribution in [1.29, 1.82) is 0 Å². The van der Waals surface area contributed by atoms with Crippen LogP contribution in [-0.4, -0.2) is 22.1 Å². The normalized spacial score (nSPS) is 18.1. The average molecular weight is 233 g/mol. The molecule has 0 radical (unpaired) electrons. The number of aliphatic carboxylic acids is 1. The van der Waals surface area contributed by atoms with E-state index in [0.717, 1.165) is 12.8 Å². The summed E-state index contributed by atoms with van der Waals surface area (Å²) in [5, 5.41) is 12.5. The van der Waals surface area contributed by atoms with Gasteiger partial charge in [0.15, 0.2) is 6.04 Å². The van der Waals surface area contributed by atoms with Gasteiger partial charge in [-0.1, -0.05) is 11.6 Å². The number of carboxylic acids is 1. The van der Waals surface area contributed by atoms with Gasteiger partial charge in [0.25, 0.3) is 0 Å². The first kappa shape index (κ1) is 9.89. The molecule has 2 N–H and O–H groups in total. The number of carboxylic acid groups (broad SMARTS) is 1. The molecule has 0 saturated heterocycles. The van der Waals surface area contributed by atoms with Crippen molar-refractivity contribution in [1.82, 2.24) is 10.3 Å². The Balaban J connectivity index is 2.12. The van der Waals surface area contributed by atoms with Crippen molar-refractivity contribution in [2.45, 2.75) is 24.9 Å². The number of halogens is 1. The van der Waals surface area contributed by atoms with Gasteiger partial charge in [-0.05, 0) is 12.8 Å². The van der Waals surface area contributed by atoms with E-state index in [9.17, 15) is 4.79 Å². The SMILES string of the molecule is O=C(O)C(NC1CC1)c1ncc(Cl)s1. The Morgan fingerprint density at radius 2 is 2.50 bits per heavy atom. The van der Waals surface area contributed by atoms with Crippen LogP contribution >= 0.6 is 22.9 Å². The van der Waals surface area contributed by atoms with Crippen LogP contribution in [0, 0.1) is 0 Å². The lowest BCUT2D eigenvalue weighted by atomic mass is 10.3. The zero-order chi connectivity index (χ0) is 10.1. The van der Waals surface area contributed by atoms with Crippen molar-refractivity contribution in [3.8, 4) is 0 Å². The van der Waals surface area contributed by atoms with Gasteiger partial charge >= 0.3 is 5.97 Å². The molecule has 1 aliphatic carbocycles. The third kappa shape index (κ3) is 2.23. The number of hydrogen-bond donors (Lipinski definition) is 2. The number of nitrogens with one attached hydrogen (secondary N) is 1. The molecule has 1 saturated carbocycles. The van der Waals surface area contributed by atoms with Crippen LogP contribution in [0.3, 0.4) is 0 Å². The van der Waals surface area contributed by atoms with E-state index < -0.39 is 12.0 Å². The lowest BCUT2D eigenvalue weighted by Crippen LogP contribution is -2.29. The molecular weight excluding hydrogens is 224 g/mol.